The Balaban J connectivity index is 1.09. The van der Waals surface area contributed by atoms with Crippen LogP contribution in [-0.2, 0) is 0 Å². The molecular formula is C51H32N2O2. The molecular weight excluding hydrogens is 673 g/mol. The maximum atomic E-state index is 6.59. The molecule has 0 bridgehead atoms. The Labute approximate surface area is 317 Å². The summed E-state index contributed by atoms with van der Waals surface area (Å²) in [5.41, 5.74) is 12.1. The molecule has 0 amide bonds. The van der Waals surface area contributed by atoms with Crippen molar-refractivity contribution < 1.29 is 8.83 Å². The molecule has 0 saturated carbocycles. The molecule has 0 aliphatic rings. The van der Waals surface area contributed by atoms with Crippen molar-refractivity contribution in [1.29, 1.82) is 0 Å². The molecule has 4 heteroatoms. The second-order valence-corrected chi connectivity index (χ2v) is 13.9. The molecule has 0 N–H and O–H groups in total. The van der Waals surface area contributed by atoms with Crippen LogP contribution >= 0.6 is 0 Å². The number of oxazole rings is 1. The van der Waals surface area contributed by atoms with Gasteiger partial charge in [-0.05, 0) is 99.6 Å². The van der Waals surface area contributed by atoms with Gasteiger partial charge >= 0.3 is 0 Å². The summed E-state index contributed by atoms with van der Waals surface area (Å²) in [5, 5.41) is 6.66. The maximum absolute atomic E-state index is 6.59. The number of hydrogen-bond donors (Lipinski definition) is 0. The standard InChI is InChI=1S/C51H32N2O2/c1-3-11-34(12-4-1)41-15-7-9-17-46(41)53(39-26-21-33(22-27-39)38-24-29-43-42-16-8-10-18-47(42)54-48(43)31-38)40-28-23-35-19-20-36-25-30-45-50(49(36)44(35)32-40)55-51(52-45)37-13-5-2-6-14-37/h1-32H. The third-order valence-corrected chi connectivity index (χ3v) is 10.7. The zero-order valence-corrected chi connectivity index (χ0v) is 29.7. The van der Waals surface area contributed by atoms with Gasteiger partial charge in [-0.15, -0.1) is 0 Å². The Morgan fingerprint density at radius 1 is 0.400 bits per heavy atom. The fraction of sp³-hybridized carbons (Fsp3) is 0. The van der Waals surface area contributed by atoms with E-state index in [2.05, 4.69) is 157 Å². The molecule has 0 fully saturated rings. The fourth-order valence-corrected chi connectivity index (χ4v) is 8.02. The van der Waals surface area contributed by atoms with E-state index >= 15 is 0 Å². The van der Waals surface area contributed by atoms with E-state index in [0.29, 0.717) is 5.89 Å². The van der Waals surface area contributed by atoms with Crippen molar-refractivity contribution in [2.45, 2.75) is 0 Å². The van der Waals surface area contributed by atoms with Gasteiger partial charge in [-0.3, -0.25) is 0 Å². The molecule has 0 aliphatic carbocycles. The van der Waals surface area contributed by atoms with Crippen molar-refractivity contribution in [2.24, 2.45) is 0 Å². The monoisotopic (exact) mass is 704 g/mol. The minimum atomic E-state index is 0.620. The van der Waals surface area contributed by atoms with E-state index in [9.17, 15) is 0 Å². The Bertz CT molecular complexity index is 3200. The van der Waals surface area contributed by atoms with Gasteiger partial charge in [0.1, 0.15) is 16.7 Å². The molecule has 55 heavy (non-hydrogen) atoms. The molecule has 4 nitrogen and oxygen atoms in total. The second-order valence-electron chi connectivity index (χ2n) is 13.9. The quantitative estimate of drug-likeness (QED) is 0.162. The summed E-state index contributed by atoms with van der Waals surface area (Å²) in [4.78, 5) is 7.28. The first-order valence-corrected chi connectivity index (χ1v) is 18.5. The number of rotatable bonds is 6. The van der Waals surface area contributed by atoms with E-state index < -0.39 is 0 Å². The van der Waals surface area contributed by atoms with Crippen LogP contribution in [0.3, 0.4) is 0 Å². The van der Waals surface area contributed by atoms with Gasteiger partial charge < -0.3 is 13.7 Å². The summed E-state index contributed by atoms with van der Waals surface area (Å²) in [6.45, 7) is 0. The second kappa shape index (κ2) is 12.6. The lowest BCUT2D eigenvalue weighted by atomic mass is 9.98. The van der Waals surface area contributed by atoms with E-state index in [1.807, 2.05) is 42.5 Å². The van der Waals surface area contributed by atoms with E-state index in [1.165, 1.54) is 0 Å². The molecule has 11 rings (SSSR count). The van der Waals surface area contributed by atoms with Crippen LogP contribution in [0.1, 0.15) is 0 Å². The summed E-state index contributed by atoms with van der Waals surface area (Å²) in [6, 6.07) is 68.2. The van der Waals surface area contributed by atoms with E-state index in [0.717, 1.165) is 99.5 Å². The van der Waals surface area contributed by atoms with Crippen LogP contribution < -0.4 is 4.90 Å². The highest BCUT2D eigenvalue weighted by Crippen LogP contribution is 2.44. The van der Waals surface area contributed by atoms with Crippen LogP contribution in [-0.4, -0.2) is 4.98 Å². The molecule has 0 spiro atoms. The van der Waals surface area contributed by atoms with Crippen molar-refractivity contribution in [3.63, 3.8) is 0 Å². The summed E-state index contributed by atoms with van der Waals surface area (Å²) >= 11 is 0. The number of nitrogens with zero attached hydrogens (tertiary/aromatic N) is 2. The molecule has 9 aromatic carbocycles. The van der Waals surface area contributed by atoms with Gasteiger partial charge in [0.2, 0.25) is 5.89 Å². The molecule has 11 aromatic rings. The molecule has 0 radical (unpaired) electrons. The molecule has 0 unspecified atom stereocenters. The predicted molar refractivity (Wildman–Crippen MR) is 227 cm³/mol. The van der Waals surface area contributed by atoms with Crippen molar-refractivity contribution >= 4 is 71.6 Å². The molecule has 0 aliphatic heterocycles. The van der Waals surface area contributed by atoms with Crippen molar-refractivity contribution in [3.8, 4) is 33.7 Å². The van der Waals surface area contributed by atoms with Crippen LogP contribution in [0, 0.1) is 0 Å². The summed E-state index contributed by atoms with van der Waals surface area (Å²) in [7, 11) is 0. The van der Waals surface area contributed by atoms with Gasteiger partial charge in [-0.25, -0.2) is 4.98 Å². The molecule has 2 aromatic heterocycles. The lowest BCUT2D eigenvalue weighted by Gasteiger charge is -2.28. The SMILES string of the molecule is c1ccc(-c2nc3ccc4ccc5ccc(N(c6ccc(-c7ccc8c(c7)oc7ccccc78)cc6)c6ccccc6-c6ccccc6)cc5c4c3o2)cc1. The molecule has 2 heterocycles. The third-order valence-electron chi connectivity index (χ3n) is 10.7. The fourth-order valence-electron chi connectivity index (χ4n) is 8.02. The van der Waals surface area contributed by atoms with Gasteiger partial charge in [0.25, 0.3) is 0 Å². The van der Waals surface area contributed by atoms with Gasteiger partial charge in [0, 0.05) is 38.7 Å². The minimum Gasteiger partial charge on any atom is -0.456 e. The van der Waals surface area contributed by atoms with Crippen molar-refractivity contribution in [1.82, 2.24) is 4.98 Å². The lowest BCUT2D eigenvalue weighted by molar-refractivity contribution is 0.623. The van der Waals surface area contributed by atoms with E-state index in [-0.39, 0.29) is 0 Å². The highest BCUT2D eigenvalue weighted by Gasteiger charge is 2.20. The van der Waals surface area contributed by atoms with Crippen molar-refractivity contribution in [3.05, 3.63) is 194 Å². The molecule has 258 valence electrons. The third kappa shape index (κ3) is 5.26. The van der Waals surface area contributed by atoms with Gasteiger partial charge in [-0.2, -0.15) is 0 Å². The maximum Gasteiger partial charge on any atom is 0.227 e. The summed E-state index contributed by atoms with van der Waals surface area (Å²) in [5.74, 6) is 0.620. The zero-order valence-electron chi connectivity index (χ0n) is 29.7. The lowest BCUT2D eigenvalue weighted by Crippen LogP contribution is -2.11. The first-order chi connectivity index (χ1) is 27.2. The number of fused-ring (bicyclic) bond motifs is 8. The number of hydrogen-bond acceptors (Lipinski definition) is 4. The Hall–Kier alpha value is -7.43. The van der Waals surface area contributed by atoms with Crippen LogP contribution in [0.2, 0.25) is 0 Å². The van der Waals surface area contributed by atoms with Gasteiger partial charge in [0.05, 0.1) is 5.69 Å². The topological polar surface area (TPSA) is 42.4 Å². The van der Waals surface area contributed by atoms with Crippen LogP contribution in [0.4, 0.5) is 17.1 Å². The van der Waals surface area contributed by atoms with E-state index in [4.69, 9.17) is 13.8 Å². The zero-order chi connectivity index (χ0) is 36.3. The van der Waals surface area contributed by atoms with Crippen LogP contribution in [0.5, 0.6) is 0 Å². The van der Waals surface area contributed by atoms with Crippen molar-refractivity contribution in [2.75, 3.05) is 4.90 Å². The van der Waals surface area contributed by atoms with E-state index in [1.54, 1.807) is 0 Å². The van der Waals surface area contributed by atoms with Crippen LogP contribution in [0.25, 0.3) is 88.3 Å². The summed E-state index contributed by atoms with van der Waals surface area (Å²) in [6.07, 6.45) is 0. The first kappa shape index (κ1) is 31.1. The Morgan fingerprint density at radius 3 is 1.91 bits per heavy atom. The average Bonchev–Trinajstić information content (AvgIpc) is 3.87. The Morgan fingerprint density at radius 2 is 1.05 bits per heavy atom. The highest BCUT2D eigenvalue weighted by molar-refractivity contribution is 6.19. The van der Waals surface area contributed by atoms with Gasteiger partial charge in [0.15, 0.2) is 5.58 Å². The molecule has 0 saturated heterocycles. The molecule has 0 atom stereocenters. The largest absolute Gasteiger partial charge is 0.456 e. The highest BCUT2D eigenvalue weighted by atomic mass is 16.3. The number of para-hydroxylation sites is 2. The normalized spacial score (nSPS) is 11.6. The van der Waals surface area contributed by atoms with Gasteiger partial charge in [-0.1, -0.05) is 127 Å². The predicted octanol–water partition coefficient (Wildman–Crippen LogP) is 14.5. The smallest absolute Gasteiger partial charge is 0.227 e. The Kier molecular flexibility index (Phi) is 7.14. The summed E-state index contributed by atoms with van der Waals surface area (Å²) < 4.78 is 12.8. The average molecular weight is 705 g/mol. The number of benzene rings is 9. The van der Waals surface area contributed by atoms with Crippen LogP contribution in [0.15, 0.2) is 203 Å². The number of anilines is 3. The number of furan rings is 1. The minimum absolute atomic E-state index is 0.620. The first-order valence-electron chi connectivity index (χ1n) is 18.5. The number of aromatic nitrogens is 1.